The number of hydrogen-bond acceptors (Lipinski definition) is 4. The Morgan fingerprint density at radius 1 is 1.07 bits per heavy atom. The van der Waals surface area contributed by atoms with Gasteiger partial charge in [-0.3, -0.25) is 4.79 Å². The molecule has 0 fully saturated rings. The van der Waals surface area contributed by atoms with Crippen molar-refractivity contribution in [2.75, 3.05) is 6.61 Å². The summed E-state index contributed by atoms with van der Waals surface area (Å²) in [6.45, 7) is 5.09. The van der Waals surface area contributed by atoms with Crippen LogP contribution < -0.4 is 10.1 Å². The van der Waals surface area contributed by atoms with Crippen LogP contribution in [0, 0.1) is 13.8 Å². The van der Waals surface area contributed by atoms with E-state index in [0.717, 1.165) is 34.0 Å². The second-order valence-electron chi connectivity index (χ2n) is 6.84. The van der Waals surface area contributed by atoms with Crippen LogP contribution in [0.3, 0.4) is 0 Å². The highest BCUT2D eigenvalue weighted by molar-refractivity contribution is 7.09. The van der Waals surface area contributed by atoms with Crippen LogP contribution in [-0.2, 0) is 17.8 Å². The van der Waals surface area contributed by atoms with Gasteiger partial charge in [-0.2, -0.15) is 0 Å². The van der Waals surface area contributed by atoms with E-state index in [2.05, 4.69) is 22.4 Å². The lowest BCUT2D eigenvalue weighted by Crippen LogP contribution is -2.23. The molecule has 0 aliphatic carbocycles. The van der Waals surface area contributed by atoms with Crippen LogP contribution in [0.2, 0.25) is 0 Å². The van der Waals surface area contributed by atoms with Crippen LogP contribution in [0.15, 0.2) is 53.9 Å². The summed E-state index contributed by atoms with van der Waals surface area (Å²) in [6, 6.07) is 16.4. The molecule has 0 aliphatic rings. The number of rotatable bonds is 9. The van der Waals surface area contributed by atoms with Crippen molar-refractivity contribution in [1.29, 1.82) is 0 Å². The number of nitrogens with zero attached hydrogens (tertiary/aromatic N) is 1. The Balaban J connectivity index is 1.37. The van der Waals surface area contributed by atoms with Crippen molar-refractivity contribution in [2.45, 2.75) is 39.7 Å². The average Bonchev–Trinajstić information content (AvgIpc) is 3.13. The highest BCUT2D eigenvalue weighted by atomic mass is 32.1. The molecule has 3 aromatic rings. The summed E-state index contributed by atoms with van der Waals surface area (Å²) < 4.78 is 5.85. The van der Waals surface area contributed by atoms with E-state index in [1.54, 1.807) is 11.3 Å². The first-order valence-electron chi connectivity index (χ1n) is 9.55. The van der Waals surface area contributed by atoms with Gasteiger partial charge < -0.3 is 10.1 Å². The molecule has 146 valence electrons. The second kappa shape index (κ2) is 10.0. The molecular weight excluding hydrogens is 368 g/mol. The number of aryl methyl sites for hydroxylation is 2. The minimum Gasteiger partial charge on any atom is -0.493 e. The molecule has 1 amide bonds. The predicted octanol–water partition coefficient (Wildman–Crippen LogP) is 4.83. The maximum atomic E-state index is 12.1. The molecule has 0 unspecified atom stereocenters. The summed E-state index contributed by atoms with van der Waals surface area (Å²) in [7, 11) is 0. The smallest absolute Gasteiger partial charge is 0.220 e. The van der Waals surface area contributed by atoms with E-state index >= 15 is 0 Å². The van der Waals surface area contributed by atoms with Crippen molar-refractivity contribution in [2.24, 2.45) is 0 Å². The van der Waals surface area contributed by atoms with Crippen molar-refractivity contribution < 1.29 is 9.53 Å². The molecule has 0 bridgehead atoms. The predicted molar refractivity (Wildman–Crippen MR) is 114 cm³/mol. The van der Waals surface area contributed by atoms with Crippen molar-refractivity contribution in [3.63, 3.8) is 0 Å². The van der Waals surface area contributed by atoms with Crippen LogP contribution in [0.5, 0.6) is 5.75 Å². The number of carbonyl (C=O) groups is 1. The first-order chi connectivity index (χ1) is 13.6. The van der Waals surface area contributed by atoms with E-state index in [4.69, 9.17) is 4.74 Å². The van der Waals surface area contributed by atoms with E-state index in [-0.39, 0.29) is 5.91 Å². The number of amides is 1. The van der Waals surface area contributed by atoms with Gasteiger partial charge in [-0.1, -0.05) is 48.5 Å². The highest BCUT2D eigenvalue weighted by Gasteiger charge is 2.07. The molecule has 0 saturated heterocycles. The SMILES string of the molecule is Cc1cccc(C)c1OCCCC(=O)NCc1csc(Cc2ccccc2)n1. The number of nitrogens with one attached hydrogen (secondary N) is 1. The molecule has 0 saturated carbocycles. The van der Waals surface area contributed by atoms with E-state index in [1.807, 2.05) is 55.6 Å². The fourth-order valence-electron chi connectivity index (χ4n) is 2.99. The molecule has 4 nitrogen and oxygen atoms in total. The van der Waals surface area contributed by atoms with Crippen molar-refractivity contribution in [3.05, 3.63) is 81.3 Å². The number of benzene rings is 2. The average molecular weight is 395 g/mol. The van der Waals surface area contributed by atoms with Crippen LogP contribution in [0.1, 0.15) is 40.2 Å². The topological polar surface area (TPSA) is 51.2 Å². The first kappa shape index (κ1) is 20.1. The Kier molecular flexibility index (Phi) is 7.20. The Morgan fingerprint density at radius 2 is 1.82 bits per heavy atom. The second-order valence-corrected chi connectivity index (χ2v) is 7.79. The maximum Gasteiger partial charge on any atom is 0.220 e. The van der Waals surface area contributed by atoms with E-state index in [0.29, 0.717) is 26.0 Å². The van der Waals surface area contributed by atoms with Gasteiger partial charge in [0.25, 0.3) is 0 Å². The molecule has 5 heteroatoms. The van der Waals surface area contributed by atoms with Gasteiger partial charge in [0.15, 0.2) is 0 Å². The van der Waals surface area contributed by atoms with Crippen molar-refractivity contribution in [3.8, 4) is 5.75 Å². The zero-order valence-corrected chi connectivity index (χ0v) is 17.2. The third-order valence-corrected chi connectivity index (χ3v) is 5.37. The first-order valence-corrected chi connectivity index (χ1v) is 10.4. The zero-order valence-electron chi connectivity index (χ0n) is 16.4. The largest absolute Gasteiger partial charge is 0.493 e. The van der Waals surface area contributed by atoms with Crippen LogP contribution in [0.25, 0.3) is 0 Å². The summed E-state index contributed by atoms with van der Waals surface area (Å²) in [5.41, 5.74) is 4.41. The fourth-order valence-corrected chi connectivity index (χ4v) is 3.82. The minimum atomic E-state index is 0.0303. The molecular formula is C23H26N2O2S. The number of ether oxygens (including phenoxy) is 1. The number of hydrogen-bond donors (Lipinski definition) is 1. The maximum absolute atomic E-state index is 12.1. The lowest BCUT2D eigenvalue weighted by atomic mass is 10.1. The van der Waals surface area contributed by atoms with Crippen molar-refractivity contribution >= 4 is 17.2 Å². The van der Waals surface area contributed by atoms with Gasteiger partial charge in [0.1, 0.15) is 5.75 Å². The molecule has 28 heavy (non-hydrogen) atoms. The molecule has 0 aliphatic heterocycles. The minimum absolute atomic E-state index is 0.0303. The molecule has 1 heterocycles. The summed E-state index contributed by atoms with van der Waals surface area (Å²) in [5, 5.41) is 6.03. The summed E-state index contributed by atoms with van der Waals surface area (Å²) in [4.78, 5) is 16.7. The number of para-hydroxylation sites is 1. The van der Waals surface area contributed by atoms with Gasteiger partial charge in [-0.25, -0.2) is 4.98 Å². The number of thiazole rings is 1. The summed E-state index contributed by atoms with van der Waals surface area (Å²) >= 11 is 1.64. The van der Waals surface area contributed by atoms with Crippen LogP contribution in [-0.4, -0.2) is 17.5 Å². The Morgan fingerprint density at radius 3 is 2.57 bits per heavy atom. The van der Waals surface area contributed by atoms with Crippen LogP contribution >= 0.6 is 11.3 Å². The molecule has 2 aromatic carbocycles. The quantitative estimate of drug-likeness (QED) is 0.529. The third kappa shape index (κ3) is 5.92. The molecule has 0 spiro atoms. The molecule has 0 radical (unpaired) electrons. The van der Waals surface area contributed by atoms with Gasteiger partial charge in [-0.05, 0) is 37.0 Å². The monoisotopic (exact) mass is 394 g/mol. The Hall–Kier alpha value is -2.66. The van der Waals surface area contributed by atoms with Gasteiger partial charge in [0.2, 0.25) is 5.91 Å². The Labute approximate surface area is 170 Å². The van der Waals surface area contributed by atoms with Crippen molar-refractivity contribution in [1.82, 2.24) is 10.3 Å². The van der Waals surface area contributed by atoms with Gasteiger partial charge in [0.05, 0.1) is 23.9 Å². The number of aromatic nitrogens is 1. The van der Waals surface area contributed by atoms with Gasteiger partial charge in [0, 0.05) is 18.2 Å². The normalized spacial score (nSPS) is 10.6. The Bertz CT molecular complexity index is 886. The highest BCUT2D eigenvalue weighted by Crippen LogP contribution is 2.22. The lowest BCUT2D eigenvalue weighted by Gasteiger charge is -2.11. The lowest BCUT2D eigenvalue weighted by molar-refractivity contribution is -0.121. The molecule has 1 N–H and O–H groups in total. The van der Waals surface area contributed by atoms with E-state index < -0.39 is 0 Å². The molecule has 3 rings (SSSR count). The summed E-state index contributed by atoms with van der Waals surface area (Å²) in [6.07, 6.45) is 1.97. The number of carbonyl (C=O) groups excluding carboxylic acids is 1. The molecule has 1 aromatic heterocycles. The van der Waals surface area contributed by atoms with E-state index in [1.165, 1.54) is 5.56 Å². The fraction of sp³-hybridized carbons (Fsp3) is 0.304. The summed E-state index contributed by atoms with van der Waals surface area (Å²) in [5.74, 6) is 0.957. The van der Waals surface area contributed by atoms with E-state index in [9.17, 15) is 4.79 Å². The standard InChI is InChI=1S/C23H26N2O2S/c1-17-8-6-9-18(2)23(17)27-13-7-12-21(26)24-15-20-16-28-22(25-20)14-19-10-4-3-5-11-19/h3-6,8-11,16H,7,12-15H2,1-2H3,(H,24,26). The molecule has 0 atom stereocenters. The zero-order chi connectivity index (χ0) is 19.8. The third-order valence-electron chi connectivity index (χ3n) is 4.47. The van der Waals surface area contributed by atoms with Crippen LogP contribution in [0.4, 0.5) is 0 Å². The van der Waals surface area contributed by atoms with Gasteiger partial charge in [-0.15, -0.1) is 11.3 Å². The van der Waals surface area contributed by atoms with Gasteiger partial charge >= 0.3 is 0 Å².